The first kappa shape index (κ1) is 18.5. The lowest BCUT2D eigenvalue weighted by molar-refractivity contribution is -0.190. The van der Waals surface area contributed by atoms with Gasteiger partial charge in [0.1, 0.15) is 0 Å². The summed E-state index contributed by atoms with van der Waals surface area (Å²) in [5.41, 5.74) is 0.305. The van der Waals surface area contributed by atoms with E-state index in [1.54, 1.807) is 0 Å². The monoisotopic (exact) mass is 380 g/mol. The molecule has 1 saturated heterocycles. The van der Waals surface area contributed by atoms with Crippen molar-refractivity contribution in [1.82, 2.24) is 25.0 Å². The number of ether oxygens (including phenoxy) is 1. The number of alkyl halides is 5. The van der Waals surface area contributed by atoms with Crippen LogP contribution >= 0.6 is 0 Å². The van der Waals surface area contributed by atoms with E-state index >= 15 is 0 Å². The molecule has 12 heteroatoms. The Balaban J connectivity index is 2.04. The van der Waals surface area contributed by atoms with E-state index < -0.39 is 30.8 Å². The Morgan fingerprint density at radius 2 is 2.00 bits per heavy atom. The number of hydrogen-bond donors (Lipinski definition) is 0. The van der Waals surface area contributed by atoms with Crippen LogP contribution in [0.1, 0.15) is 26.7 Å². The van der Waals surface area contributed by atoms with Crippen LogP contribution in [0, 0.1) is 0 Å². The van der Waals surface area contributed by atoms with E-state index in [1.165, 1.54) is 9.58 Å². The van der Waals surface area contributed by atoms with Crippen LogP contribution in [-0.4, -0.2) is 56.3 Å². The second-order valence-electron chi connectivity index (χ2n) is 6.14. The van der Waals surface area contributed by atoms with Crippen LogP contribution in [0.25, 0.3) is 11.2 Å². The Morgan fingerprint density at radius 1 is 1.27 bits per heavy atom. The summed E-state index contributed by atoms with van der Waals surface area (Å²) >= 11 is 0. The van der Waals surface area contributed by atoms with Crippen LogP contribution in [0.2, 0.25) is 0 Å². The van der Waals surface area contributed by atoms with Crippen molar-refractivity contribution in [1.29, 1.82) is 0 Å². The van der Waals surface area contributed by atoms with Gasteiger partial charge in [0, 0.05) is 19.5 Å². The molecule has 3 heterocycles. The van der Waals surface area contributed by atoms with Gasteiger partial charge in [-0.1, -0.05) is 12.1 Å². The van der Waals surface area contributed by atoms with Gasteiger partial charge in [0.25, 0.3) is 5.92 Å². The molecule has 2 aromatic rings. The summed E-state index contributed by atoms with van der Waals surface area (Å²) in [6, 6.07) is -0.549. The number of aromatic nitrogens is 5. The zero-order valence-electron chi connectivity index (χ0n) is 14.1. The van der Waals surface area contributed by atoms with Crippen LogP contribution in [0.15, 0.2) is 0 Å². The molecular formula is C14H17F5N6O. The number of nitrogens with zero attached hydrogens (tertiary/aromatic N) is 6. The van der Waals surface area contributed by atoms with Gasteiger partial charge in [-0.15, -0.1) is 5.10 Å². The van der Waals surface area contributed by atoms with E-state index in [9.17, 15) is 22.0 Å². The third kappa shape index (κ3) is 3.63. The molecular weight excluding hydrogens is 363 g/mol. The molecule has 0 aromatic carbocycles. The average Bonchev–Trinajstić information content (AvgIpc) is 3.10. The van der Waals surface area contributed by atoms with Crippen molar-refractivity contribution in [2.75, 3.05) is 18.0 Å². The van der Waals surface area contributed by atoms with Crippen molar-refractivity contribution in [3.05, 3.63) is 0 Å². The standard InChI is InChI=1S/C14H17F5N6O/c1-3-5-25-11-9(22-23-25)10(24-6-4-13(15,16)7-24)20-12(21-11)26-8(2)14(17,18)19/h8H,3-7H2,1-2H3/t8-/m0/s1. The van der Waals surface area contributed by atoms with Crippen LogP contribution < -0.4 is 9.64 Å². The Bertz CT molecular complexity index is 792. The minimum Gasteiger partial charge on any atom is -0.451 e. The summed E-state index contributed by atoms with van der Waals surface area (Å²) in [4.78, 5) is 9.15. The van der Waals surface area contributed by atoms with Crippen molar-refractivity contribution in [3.63, 3.8) is 0 Å². The van der Waals surface area contributed by atoms with Gasteiger partial charge in [-0.05, 0) is 13.3 Å². The minimum absolute atomic E-state index is 0.00102. The van der Waals surface area contributed by atoms with E-state index in [0.717, 1.165) is 6.92 Å². The van der Waals surface area contributed by atoms with Crippen molar-refractivity contribution in [2.45, 2.75) is 51.4 Å². The molecule has 2 aromatic heterocycles. The molecule has 0 N–H and O–H groups in total. The molecule has 7 nitrogen and oxygen atoms in total. The summed E-state index contributed by atoms with van der Waals surface area (Å²) in [7, 11) is 0. The molecule has 0 spiro atoms. The van der Waals surface area contributed by atoms with Gasteiger partial charge in [-0.25, -0.2) is 13.5 Å². The largest absolute Gasteiger partial charge is 0.451 e. The molecule has 1 aliphatic rings. The van der Waals surface area contributed by atoms with E-state index in [0.29, 0.717) is 13.0 Å². The highest BCUT2D eigenvalue weighted by molar-refractivity contribution is 5.83. The maximum Gasteiger partial charge on any atom is 0.425 e. The second kappa shape index (κ2) is 6.47. The Hall–Kier alpha value is -2.27. The summed E-state index contributed by atoms with van der Waals surface area (Å²) in [5, 5.41) is 7.82. The first-order chi connectivity index (χ1) is 12.1. The SMILES string of the molecule is CCCn1nnc2c(N3CCC(F)(F)C3)nc(O[C@@H](C)C(F)(F)F)nc21. The van der Waals surface area contributed by atoms with Crippen LogP contribution in [0.5, 0.6) is 6.01 Å². The quantitative estimate of drug-likeness (QED) is 0.743. The predicted octanol–water partition coefficient (Wildman–Crippen LogP) is 2.81. The number of hydrogen-bond acceptors (Lipinski definition) is 6. The number of aryl methyl sites for hydroxylation is 1. The molecule has 0 amide bonds. The molecule has 1 aliphatic heterocycles. The van der Waals surface area contributed by atoms with Gasteiger partial charge in [0.2, 0.25) is 0 Å². The van der Waals surface area contributed by atoms with E-state index in [4.69, 9.17) is 4.74 Å². The molecule has 0 radical (unpaired) electrons. The van der Waals surface area contributed by atoms with Gasteiger partial charge >= 0.3 is 12.2 Å². The van der Waals surface area contributed by atoms with Crippen LogP contribution in [0.4, 0.5) is 27.8 Å². The number of fused-ring (bicyclic) bond motifs is 1. The maximum atomic E-state index is 13.6. The molecule has 0 aliphatic carbocycles. The number of rotatable bonds is 5. The van der Waals surface area contributed by atoms with Crippen molar-refractivity contribution in [3.8, 4) is 6.01 Å². The van der Waals surface area contributed by atoms with Gasteiger partial charge in [-0.2, -0.15) is 23.1 Å². The molecule has 144 valence electrons. The van der Waals surface area contributed by atoms with Crippen molar-refractivity contribution >= 4 is 17.0 Å². The zero-order valence-corrected chi connectivity index (χ0v) is 14.1. The van der Waals surface area contributed by atoms with E-state index in [-0.39, 0.29) is 29.9 Å². The zero-order chi connectivity index (χ0) is 19.1. The summed E-state index contributed by atoms with van der Waals surface area (Å²) < 4.78 is 71.6. The predicted molar refractivity (Wildman–Crippen MR) is 81.3 cm³/mol. The summed E-state index contributed by atoms with van der Waals surface area (Å²) in [6.45, 7) is 2.50. The fraction of sp³-hybridized carbons (Fsp3) is 0.714. The second-order valence-corrected chi connectivity index (χ2v) is 6.14. The summed E-state index contributed by atoms with van der Waals surface area (Å²) in [6.07, 6.45) is -6.46. The van der Waals surface area contributed by atoms with Crippen molar-refractivity contribution < 1.29 is 26.7 Å². The van der Waals surface area contributed by atoms with E-state index in [1.807, 2.05) is 6.92 Å². The average molecular weight is 380 g/mol. The third-order valence-corrected chi connectivity index (χ3v) is 3.97. The summed E-state index contributed by atoms with van der Waals surface area (Å²) in [5.74, 6) is -2.91. The molecule has 0 unspecified atom stereocenters. The fourth-order valence-corrected chi connectivity index (χ4v) is 2.60. The minimum atomic E-state index is -4.61. The lowest BCUT2D eigenvalue weighted by Gasteiger charge is -2.20. The Kier molecular flexibility index (Phi) is 4.61. The van der Waals surface area contributed by atoms with Crippen LogP contribution in [0.3, 0.4) is 0 Å². The van der Waals surface area contributed by atoms with Gasteiger partial charge in [0.15, 0.2) is 23.1 Å². The highest BCUT2D eigenvalue weighted by Gasteiger charge is 2.41. The maximum absolute atomic E-state index is 13.6. The third-order valence-electron chi connectivity index (χ3n) is 3.97. The first-order valence-electron chi connectivity index (χ1n) is 8.08. The first-order valence-corrected chi connectivity index (χ1v) is 8.08. The molecule has 0 bridgehead atoms. The van der Waals surface area contributed by atoms with E-state index in [2.05, 4.69) is 20.3 Å². The highest BCUT2D eigenvalue weighted by atomic mass is 19.4. The lowest BCUT2D eigenvalue weighted by Crippen LogP contribution is -2.32. The molecule has 1 atom stereocenters. The van der Waals surface area contributed by atoms with Gasteiger partial charge in [0.05, 0.1) is 6.54 Å². The van der Waals surface area contributed by atoms with Crippen LogP contribution in [-0.2, 0) is 6.54 Å². The topological polar surface area (TPSA) is 69.0 Å². The Labute approximate surface area is 145 Å². The normalized spacial score (nSPS) is 18.5. The molecule has 0 saturated carbocycles. The Morgan fingerprint density at radius 3 is 2.58 bits per heavy atom. The fourth-order valence-electron chi connectivity index (χ4n) is 2.60. The highest BCUT2D eigenvalue weighted by Crippen LogP contribution is 2.34. The van der Waals surface area contributed by atoms with Gasteiger partial charge in [-0.3, -0.25) is 0 Å². The lowest BCUT2D eigenvalue weighted by atomic mass is 10.3. The van der Waals surface area contributed by atoms with Gasteiger partial charge < -0.3 is 9.64 Å². The van der Waals surface area contributed by atoms with Crippen molar-refractivity contribution in [2.24, 2.45) is 0 Å². The number of anilines is 1. The molecule has 1 fully saturated rings. The molecule has 26 heavy (non-hydrogen) atoms. The smallest absolute Gasteiger partial charge is 0.425 e. The number of halogens is 5. The molecule has 3 rings (SSSR count).